The normalized spacial score (nSPS) is 11.0. The van der Waals surface area contributed by atoms with Crippen LogP contribution in [-0.2, 0) is 4.79 Å². The van der Waals surface area contributed by atoms with E-state index in [1.165, 1.54) is 17.0 Å². The molecule has 0 N–H and O–H groups in total. The second-order valence-corrected chi connectivity index (χ2v) is 5.68. The molecular formula is C21H18O2. The van der Waals surface area contributed by atoms with E-state index >= 15 is 0 Å². The van der Waals surface area contributed by atoms with Crippen LogP contribution in [0.5, 0.6) is 5.75 Å². The molecule has 0 bridgehead atoms. The number of rotatable bonds is 3. The lowest BCUT2D eigenvalue weighted by molar-refractivity contribution is -0.128. The van der Waals surface area contributed by atoms with Crippen molar-refractivity contribution < 1.29 is 9.53 Å². The molecule has 2 heteroatoms. The average Bonchev–Trinajstić information content (AvgIpc) is 2.55. The van der Waals surface area contributed by atoms with E-state index in [4.69, 9.17) is 4.74 Å². The maximum absolute atomic E-state index is 11.9. The Labute approximate surface area is 136 Å². The minimum atomic E-state index is -0.377. The molecule has 0 unspecified atom stereocenters. The Bertz CT molecular complexity index is 874. The van der Waals surface area contributed by atoms with Crippen LogP contribution in [0, 0.1) is 13.8 Å². The van der Waals surface area contributed by atoms with Gasteiger partial charge in [0, 0.05) is 6.08 Å². The first-order chi connectivity index (χ1) is 11.1. The second-order valence-electron chi connectivity index (χ2n) is 5.68. The molecule has 0 saturated heterocycles. The maximum atomic E-state index is 11.9. The first-order valence-electron chi connectivity index (χ1n) is 7.57. The van der Waals surface area contributed by atoms with E-state index in [0.717, 1.165) is 16.5 Å². The van der Waals surface area contributed by atoms with Crippen LogP contribution >= 0.6 is 0 Å². The molecule has 0 atom stereocenters. The van der Waals surface area contributed by atoms with E-state index in [9.17, 15) is 4.79 Å². The summed E-state index contributed by atoms with van der Waals surface area (Å²) in [5, 5.41) is 2.36. The summed E-state index contributed by atoms with van der Waals surface area (Å²) in [5.74, 6) is 0.178. The first-order valence-corrected chi connectivity index (χ1v) is 7.57. The van der Waals surface area contributed by atoms with E-state index in [0.29, 0.717) is 5.75 Å². The Morgan fingerprint density at radius 1 is 0.826 bits per heavy atom. The number of carbonyl (C=O) groups excluding carboxylic acids is 1. The van der Waals surface area contributed by atoms with Crippen LogP contribution in [0.15, 0.2) is 66.7 Å². The maximum Gasteiger partial charge on any atom is 0.336 e. The van der Waals surface area contributed by atoms with Gasteiger partial charge in [0.25, 0.3) is 0 Å². The van der Waals surface area contributed by atoms with Crippen LogP contribution in [0.3, 0.4) is 0 Å². The molecule has 0 heterocycles. The van der Waals surface area contributed by atoms with Crippen molar-refractivity contribution in [1.29, 1.82) is 0 Å². The number of hydrogen-bond donors (Lipinski definition) is 0. The highest BCUT2D eigenvalue weighted by molar-refractivity contribution is 5.90. The molecule has 3 aromatic rings. The van der Waals surface area contributed by atoms with E-state index in [1.807, 2.05) is 25.1 Å². The van der Waals surface area contributed by atoms with Crippen LogP contribution in [0.2, 0.25) is 0 Å². The molecule has 0 aliphatic carbocycles. The molecule has 0 aromatic heterocycles. The lowest BCUT2D eigenvalue weighted by atomic mass is 10.0. The van der Waals surface area contributed by atoms with Crippen molar-refractivity contribution in [3.05, 3.63) is 83.4 Å². The van der Waals surface area contributed by atoms with Gasteiger partial charge in [0.05, 0.1) is 0 Å². The molecule has 3 rings (SSSR count). The Balaban J connectivity index is 1.72. The summed E-state index contributed by atoms with van der Waals surface area (Å²) in [5.41, 5.74) is 3.34. The third kappa shape index (κ3) is 3.86. The zero-order valence-electron chi connectivity index (χ0n) is 13.2. The number of carbonyl (C=O) groups is 1. The van der Waals surface area contributed by atoms with Gasteiger partial charge < -0.3 is 4.74 Å². The number of benzene rings is 3. The predicted molar refractivity (Wildman–Crippen MR) is 94.5 cm³/mol. The van der Waals surface area contributed by atoms with Gasteiger partial charge in [-0.05, 0) is 54.5 Å². The third-order valence-corrected chi connectivity index (χ3v) is 3.67. The van der Waals surface area contributed by atoms with Crippen LogP contribution in [0.4, 0.5) is 0 Å². The first kappa shape index (κ1) is 15.0. The molecule has 3 aromatic carbocycles. The summed E-state index contributed by atoms with van der Waals surface area (Å²) in [6.45, 7) is 4.07. The largest absolute Gasteiger partial charge is 0.423 e. The van der Waals surface area contributed by atoms with E-state index in [-0.39, 0.29) is 5.97 Å². The molecular weight excluding hydrogens is 284 g/mol. The van der Waals surface area contributed by atoms with Gasteiger partial charge in [0.15, 0.2) is 0 Å². The molecule has 0 aliphatic rings. The molecule has 0 aliphatic heterocycles. The Kier molecular flexibility index (Phi) is 4.24. The van der Waals surface area contributed by atoms with Gasteiger partial charge in [-0.3, -0.25) is 0 Å². The van der Waals surface area contributed by atoms with Gasteiger partial charge in [0.1, 0.15) is 5.75 Å². The van der Waals surface area contributed by atoms with Crippen molar-refractivity contribution in [2.24, 2.45) is 0 Å². The van der Waals surface area contributed by atoms with Crippen molar-refractivity contribution in [3.63, 3.8) is 0 Å². The van der Waals surface area contributed by atoms with Crippen molar-refractivity contribution in [1.82, 2.24) is 0 Å². The molecule has 0 radical (unpaired) electrons. The molecule has 0 amide bonds. The number of aryl methyl sites for hydroxylation is 2. The minimum absolute atomic E-state index is 0.377. The molecule has 0 saturated carbocycles. The predicted octanol–water partition coefficient (Wildman–Crippen LogP) is 5.08. The lowest BCUT2D eigenvalue weighted by Crippen LogP contribution is -2.03. The Hall–Kier alpha value is -2.87. The van der Waals surface area contributed by atoms with Crippen molar-refractivity contribution in [2.45, 2.75) is 13.8 Å². The van der Waals surface area contributed by atoms with Crippen LogP contribution in [-0.4, -0.2) is 5.97 Å². The zero-order valence-corrected chi connectivity index (χ0v) is 13.2. The number of hydrogen-bond acceptors (Lipinski definition) is 2. The highest BCUT2D eigenvalue weighted by Gasteiger charge is 2.00. The lowest BCUT2D eigenvalue weighted by Gasteiger charge is -2.02. The smallest absolute Gasteiger partial charge is 0.336 e. The van der Waals surface area contributed by atoms with Gasteiger partial charge >= 0.3 is 5.97 Å². The molecule has 0 fully saturated rings. The number of esters is 1. The Morgan fingerprint density at radius 2 is 1.48 bits per heavy atom. The molecule has 0 spiro atoms. The second kappa shape index (κ2) is 6.49. The summed E-state index contributed by atoms with van der Waals surface area (Å²) < 4.78 is 5.27. The zero-order chi connectivity index (χ0) is 16.2. The monoisotopic (exact) mass is 302 g/mol. The van der Waals surface area contributed by atoms with Crippen LogP contribution < -0.4 is 4.74 Å². The van der Waals surface area contributed by atoms with E-state index < -0.39 is 0 Å². The summed E-state index contributed by atoms with van der Waals surface area (Å²) >= 11 is 0. The Morgan fingerprint density at radius 3 is 2.26 bits per heavy atom. The van der Waals surface area contributed by atoms with Gasteiger partial charge in [-0.2, -0.15) is 0 Å². The van der Waals surface area contributed by atoms with Gasteiger partial charge in [0.2, 0.25) is 0 Å². The van der Waals surface area contributed by atoms with Crippen molar-refractivity contribution in [3.8, 4) is 5.75 Å². The summed E-state index contributed by atoms with van der Waals surface area (Å²) in [7, 11) is 0. The van der Waals surface area contributed by atoms with Gasteiger partial charge in [-0.1, -0.05) is 53.6 Å². The fraction of sp³-hybridized carbons (Fsp3) is 0.0952. The highest BCUT2D eigenvalue weighted by Crippen LogP contribution is 2.18. The third-order valence-electron chi connectivity index (χ3n) is 3.67. The number of ether oxygens (including phenoxy) is 1. The van der Waals surface area contributed by atoms with Gasteiger partial charge in [-0.25, -0.2) is 4.79 Å². The molecule has 23 heavy (non-hydrogen) atoms. The molecule has 114 valence electrons. The minimum Gasteiger partial charge on any atom is -0.423 e. The van der Waals surface area contributed by atoms with Crippen molar-refractivity contribution in [2.75, 3.05) is 0 Å². The summed E-state index contributed by atoms with van der Waals surface area (Å²) in [4.78, 5) is 11.9. The fourth-order valence-corrected chi connectivity index (χ4v) is 2.41. The average molecular weight is 302 g/mol. The fourth-order valence-electron chi connectivity index (χ4n) is 2.41. The summed E-state index contributed by atoms with van der Waals surface area (Å²) in [6.07, 6.45) is 3.23. The van der Waals surface area contributed by atoms with Crippen LogP contribution in [0.25, 0.3) is 16.8 Å². The van der Waals surface area contributed by atoms with E-state index in [2.05, 4.69) is 37.3 Å². The van der Waals surface area contributed by atoms with Crippen molar-refractivity contribution >= 4 is 22.8 Å². The standard InChI is InChI=1S/C21H18O2/c1-15-4-10-20(11-5-15)23-21(22)12-7-17-6-9-18-13-16(2)3-8-19(18)14-17/h3-14H,1-2H3/b12-7+. The topological polar surface area (TPSA) is 26.3 Å². The quantitative estimate of drug-likeness (QED) is 0.383. The van der Waals surface area contributed by atoms with Gasteiger partial charge in [-0.15, -0.1) is 0 Å². The van der Waals surface area contributed by atoms with Crippen LogP contribution in [0.1, 0.15) is 16.7 Å². The molecule has 2 nitrogen and oxygen atoms in total. The number of fused-ring (bicyclic) bond motifs is 1. The van der Waals surface area contributed by atoms with E-state index in [1.54, 1.807) is 18.2 Å². The SMILES string of the molecule is Cc1ccc(OC(=O)/C=C/c2ccc3cc(C)ccc3c2)cc1. The summed E-state index contributed by atoms with van der Waals surface area (Å²) in [6, 6.07) is 19.9. The highest BCUT2D eigenvalue weighted by atomic mass is 16.5.